The Labute approximate surface area is 165 Å². The summed E-state index contributed by atoms with van der Waals surface area (Å²) in [4.78, 5) is 8.41. The molecule has 1 aliphatic heterocycles. The highest BCUT2D eigenvalue weighted by atomic mass is 35.5. The zero-order valence-corrected chi connectivity index (χ0v) is 15.9. The van der Waals surface area contributed by atoms with E-state index >= 15 is 0 Å². The minimum Gasteiger partial charge on any atom is -0.397 e. The van der Waals surface area contributed by atoms with E-state index in [0.717, 1.165) is 6.26 Å². The maximum absolute atomic E-state index is 12.3. The fourth-order valence-electron chi connectivity index (χ4n) is 2.86. The number of hydrogen-bond acceptors (Lipinski definition) is 10. The molecule has 1 atom stereocenters. The number of nitrogens with zero attached hydrogens (tertiary/aromatic N) is 4. The van der Waals surface area contributed by atoms with E-state index in [1.165, 1.54) is 18.2 Å². The van der Waals surface area contributed by atoms with Gasteiger partial charge in [0.05, 0.1) is 10.6 Å². The molecule has 1 aliphatic rings. The molecule has 0 bridgehead atoms. The van der Waals surface area contributed by atoms with Gasteiger partial charge in [-0.1, -0.05) is 17.7 Å². The Morgan fingerprint density at radius 2 is 2.04 bits per heavy atom. The maximum atomic E-state index is 12.3. The van der Waals surface area contributed by atoms with Crippen LogP contribution in [0, 0.1) is 22.8 Å². The molecule has 142 valence electrons. The monoisotopic (exact) mass is 416 g/mol. The van der Waals surface area contributed by atoms with Gasteiger partial charge in [0.25, 0.3) is 0 Å². The topological polar surface area (TPSA) is 183 Å². The van der Waals surface area contributed by atoms with Gasteiger partial charge in [0.1, 0.15) is 29.3 Å². The van der Waals surface area contributed by atoms with Crippen molar-refractivity contribution in [3.05, 3.63) is 39.9 Å². The number of sulfone groups is 1. The van der Waals surface area contributed by atoms with Gasteiger partial charge in [0.15, 0.2) is 16.0 Å². The van der Waals surface area contributed by atoms with Crippen LogP contribution in [-0.4, -0.2) is 25.6 Å². The molecule has 0 fully saturated rings. The summed E-state index contributed by atoms with van der Waals surface area (Å²) in [6.07, 6.45) is 2.76. The van der Waals surface area contributed by atoms with Crippen LogP contribution in [0.25, 0.3) is 0 Å². The van der Waals surface area contributed by atoms with Crippen molar-refractivity contribution in [1.29, 1.82) is 10.5 Å². The van der Waals surface area contributed by atoms with Crippen molar-refractivity contribution in [3.63, 3.8) is 0 Å². The van der Waals surface area contributed by atoms with Crippen LogP contribution in [0.3, 0.4) is 0 Å². The Kier molecular flexibility index (Phi) is 4.73. The molecule has 0 radical (unpaired) electrons. The standard InChI is InChI=1S/C16H13ClN8O2S/c1-28(26,27)10-4-7(17)2-3-8(10)13-11-12(20)9(5-18)14(21)24-15(11)25-16(23-13)22-6-19/h2-4,13H,1H3,(H6,20,21,22,23,24,25). The van der Waals surface area contributed by atoms with Crippen molar-refractivity contribution in [1.82, 2.24) is 10.3 Å². The smallest absolute Gasteiger partial charge is 0.211 e. The van der Waals surface area contributed by atoms with Gasteiger partial charge in [-0.3, -0.25) is 5.32 Å². The van der Waals surface area contributed by atoms with Crippen LogP contribution >= 0.6 is 11.6 Å². The fraction of sp³-hybridized carbons (Fsp3) is 0.125. The number of benzene rings is 1. The minimum absolute atomic E-state index is 0.0108. The highest BCUT2D eigenvalue weighted by Gasteiger charge is 2.32. The Morgan fingerprint density at radius 1 is 1.32 bits per heavy atom. The summed E-state index contributed by atoms with van der Waals surface area (Å²) >= 11 is 5.98. The number of guanidine groups is 1. The van der Waals surface area contributed by atoms with Gasteiger partial charge in [-0.05, 0) is 12.1 Å². The van der Waals surface area contributed by atoms with Crippen LogP contribution in [0.4, 0.5) is 17.3 Å². The van der Waals surface area contributed by atoms with Gasteiger partial charge in [0, 0.05) is 22.4 Å². The summed E-state index contributed by atoms with van der Waals surface area (Å²) < 4.78 is 24.6. The van der Waals surface area contributed by atoms with Crippen LogP contribution in [0.15, 0.2) is 28.1 Å². The largest absolute Gasteiger partial charge is 0.397 e. The van der Waals surface area contributed by atoms with Crippen molar-refractivity contribution in [2.24, 2.45) is 4.99 Å². The van der Waals surface area contributed by atoms with E-state index in [-0.39, 0.29) is 49.9 Å². The minimum atomic E-state index is -3.68. The van der Waals surface area contributed by atoms with Crippen LogP contribution in [-0.2, 0) is 9.84 Å². The summed E-state index contributed by atoms with van der Waals surface area (Å²) in [6.45, 7) is 0. The van der Waals surface area contributed by atoms with Gasteiger partial charge in [-0.2, -0.15) is 10.5 Å². The Bertz CT molecular complexity index is 1210. The zero-order chi connectivity index (χ0) is 20.6. The highest BCUT2D eigenvalue weighted by Crippen LogP contribution is 2.42. The molecule has 0 saturated carbocycles. The number of nitriles is 2. The van der Waals surface area contributed by atoms with Gasteiger partial charge < -0.3 is 16.8 Å². The molecule has 0 aliphatic carbocycles. The van der Waals surface area contributed by atoms with E-state index < -0.39 is 15.9 Å². The molecule has 2 heterocycles. The summed E-state index contributed by atoms with van der Waals surface area (Å²) in [5.41, 5.74) is 12.4. The number of aromatic nitrogens is 1. The molecular weight excluding hydrogens is 404 g/mol. The predicted molar refractivity (Wildman–Crippen MR) is 104 cm³/mol. The SMILES string of the molecule is CS(=O)(=O)c1cc(Cl)ccc1C1N=C(NC#N)Nc2nc(N)c(C#N)c(N)c21. The van der Waals surface area contributed by atoms with E-state index in [4.69, 9.17) is 28.3 Å². The second-order valence-electron chi connectivity index (χ2n) is 5.86. The molecule has 0 saturated heterocycles. The average molecular weight is 417 g/mol. The maximum Gasteiger partial charge on any atom is 0.211 e. The number of nitrogen functional groups attached to an aromatic ring is 2. The molecule has 2 aromatic rings. The second kappa shape index (κ2) is 6.88. The van der Waals surface area contributed by atoms with E-state index in [1.807, 2.05) is 6.07 Å². The van der Waals surface area contributed by atoms with Crippen LogP contribution in [0.1, 0.15) is 22.7 Å². The molecule has 12 heteroatoms. The summed E-state index contributed by atoms with van der Waals surface area (Å²) in [5, 5.41) is 23.6. The number of anilines is 3. The third kappa shape index (κ3) is 3.24. The molecule has 0 spiro atoms. The molecular formula is C16H13ClN8O2S. The number of aliphatic imine (C=N–C) groups is 1. The van der Waals surface area contributed by atoms with Crippen molar-refractivity contribution < 1.29 is 8.42 Å². The highest BCUT2D eigenvalue weighted by molar-refractivity contribution is 7.90. The number of rotatable bonds is 2. The predicted octanol–water partition coefficient (Wildman–Crippen LogP) is 1.12. The molecule has 28 heavy (non-hydrogen) atoms. The van der Waals surface area contributed by atoms with Crippen molar-refractivity contribution in [2.45, 2.75) is 10.9 Å². The quantitative estimate of drug-likeness (QED) is 0.411. The third-order valence-corrected chi connectivity index (χ3v) is 5.41. The summed E-state index contributed by atoms with van der Waals surface area (Å²) in [7, 11) is -3.68. The van der Waals surface area contributed by atoms with Gasteiger partial charge in [-0.15, -0.1) is 0 Å². The lowest BCUT2D eigenvalue weighted by Gasteiger charge is -2.27. The molecule has 1 unspecified atom stereocenters. The van der Waals surface area contributed by atoms with Crippen LogP contribution in [0.2, 0.25) is 5.02 Å². The van der Waals surface area contributed by atoms with E-state index in [1.54, 1.807) is 6.19 Å². The molecule has 10 nitrogen and oxygen atoms in total. The van der Waals surface area contributed by atoms with E-state index in [9.17, 15) is 13.7 Å². The average Bonchev–Trinajstić information content (AvgIpc) is 2.60. The molecule has 3 rings (SSSR count). The fourth-order valence-corrected chi connectivity index (χ4v) is 4.05. The Balaban J connectivity index is 2.37. The number of fused-ring (bicyclic) bond motifs is 1. The number of halogens is 1. The lowest BCUT2D eigenvalue weighted by Crippen LogP contribution is -2.33. The first-order chi connectivity index (χ1) is 13.2. The van der Waals surface area contributed by atoms with Crippen LogP contribution in [0.5, 0.6) is 0 Å². The Morgan fingerprint density at radius 3 is 2.64 bits per heavy atom. The normalized spacial score (nSPS) is 15.4. The second-order valence-corrected chi connectivity index (χ2v) is 8.28. The first kappa shape index (κ1) is 19.2. The number of pyridine rings is 1. The van der Waals surface area contributed by atoms with Gasteiger partial charge >= 0.3 is 0 Å². The zero-order valence-electron chi connectivity index (χ0n) is 14.4. The van der Waals surface area contributed by atoms with Crippen molar-refractivity contribution in [3.8, 4) is 12.3 Å². The first-order valence-electron chi connectivity index (χ1n) is 7.65. The molecule has 6 N–H and O–H groups in total. The van der Waals surface area contributed by atoms with E-state index in [0.29, 0.717) is 0 Å². The van der Waals surface area contributed by atoms with Crippen molar-refractivity contribution in [2.75, 3.05) is 23.0 Å². The number of nitrogens with one attached hydrogen (secondary N) is 2. The summed E-state index contributed by atoms with van der Waals surface area (Å²) in [6, 6.07) is 5.20. The molecule has 1 aromatic carbocycles. The lowest BCUT2D eigenvalue weighted by molar-refractivity contribution is 0.599. The molecule has 1 aromatic heterocycles. The third-order valence-electron chi connectivity index (χ3n) is 4.03. The number of hydrogen-bond donors (Lipinski definition) is 4. The Hall–Kier alpha value is -3.54. The van der Waals surface area contributed by atoms with Gasteiger partial charge in [0.2, 0.25) is 5.96 Å². The number of nitrogens with two attached hydrogens (primary N) is 2. The van der Waals surface area contributed by atoms with Crippen LogP contribution < -0.4 is 22.1 Å². The van der Waals surface area contributed by atoms with E-state index in [2.05, 4.69) is 20.6 Å². The molecule has 0 amide bonds. The summed E-state index contributed by atoms with van der Waals surface area (Å²) in [5.74, 6) is 0.0641. The van der Waals surface area contributed by atoms with Crippen molar-refractivity contribution >= 4 is 44.7 Å². The lowest BCUT2D eigenvalue weighted by atomic mass is 9.95. The van der Waals surface area contributed by atoms with Gasteiger partial charge in [-0.25, -0.2) is 18.4 Å². The first-order valence-corrected chi connectivity index (χ1v) is 9.92.